The van der Waals surface area contributed by atoms with Gasteiger partial charge in [0.15, 0.2) is 11.6 Å². The van der Waals surface area contributed by atoms with Crippen LogP contribution in [0.15, 0.2) is 30.3 Å². The normalized spacial score (nSPS) is 10.4. The fourth-order valence-electron chi connectivity index (χ4n) is 1.58. The molecule has 2 aromatic carbocycles. The molecule has 3 N–H and O–H groups in total. The minimum absolute atomic E-state index is 0.284. The maximum absolute atomic E-state index is 13.4. The van der Waals surface area contributed by atoms with E-state index in [2.05, 4.69) is 0 Å². The zero-order valence-corrected chi connectivity index (χ0v) is 9.88. The molecule has 0 aliphatic heterocycles. The summed E-state index contributed by atoms with van der Waals surface area (Å²) in [6.07, 6.45) is 0. The Bertz CT molecular complexity index is 665. The minimum atomic E-state index is -1.29. The number of nitrogen functional groups attached to an aromatic ring is 1. The molecule has 2 rings (SSSR count). The minimum Gasteiger partial charge on any atom is -0.396 e. The van der Waals surface area contributed by atoms with E-state index in [1.165, 1.54) is 12.1 Å². The van der Waals surface area contributed by atoms with Crippen molar-refractivity contribution in [3.63, 3.8) is 0 Å². The third kappa shape index (κ3) is 2.56. The SMILES string of the molecule is Nc1c(F)cccc1C(=O)Nc1c(F)cc(F)cc1F. The van der Waals surface area contributed by atoms with Gasteiger partial charge in [0.05, 0.1) is 11.3 Å². The second-order valence-electron chi connectivity index (χ2n) is 3.90. The van der Waals surface area contributed by atoms with Gasteiger partial charge in [0.2, 0.25) is 0 Å². The first-order chi connectivity index (χ1) is 9.40. The number of carbonyl (C=O) groups excluding carboxylic acids is 1. The van der Waals surface area contributed by atoms with Crippen LogP contribution in [0.2, 0.25) is 0 Å². The van der Waals surface area contributed by atoms with Crippen LogP contribution in [0.5, 0.6) is 0 Å². The number of anilines is 2. The average Bonchev–Trinajstić information content (AvgIpc) is 2.36. The van der Waals surface area contributed by atoms with Gasteiger partial charge in [-0.2, -0.15) is 0 Å². The fourth-order valence-corrected chi connectivity index (χ4v) is 1.58. The maximum Gasteiger partial charge on any atom is 0.258 e. The summed E-state index contributed by atoms with van der Waals surface area (Å²) >= 11 is 0. The number of nitrogens with one attached hydrogen (secondary N) is 1. The molecule has 0 fully saturated rings. The molecule has 0 aliphatic carbocycles. The van der Waals surface area contributed by atoms with E-state index in [1.807, 2.05) is 5.32 Å². The van der Waals surface area contributed by atoms with Gasteiger partial charge in [0.25, 0.3) is 5.91 Å². The highest BCUT2D eigenvalue weighted by Gasteiger charge is 2.18. The Balaban J connectivity index is 2.36. The molecular weight excluding hydrogens is 276 g/mol. The summed E-state index contributed by atoms with van der Waals surface area (Å²) in [5.41, 5.74) is 3.79. The Morgan fingerprint density at radius 2 is 1.60 bits per heavy atom. The lowest BCUT2D eigenvalue weighted by Gasteiger charge is -2.09. The van der Waals surface area contributed by atoms with E-state index in [4.69, 9.17) is 5.73 Å². The average molecular weight is 284 g/mol. The van der Waals surface area contributed by atoms with Gasteiger partial charge < -0.3 is 11.1 Å². The third-order valence-corrected chi connectivity index (χ3v) is 2.54. The Morgan fingerprint density at radius 1 is 1.00 bits per heavy atom. The van der Waals surface area contributed by atoms with Crippen LogP contribution < -0.4 is 11.1 Å². The number of carbonyl (C=O) groups is 1. The van der Waals surface area contributed by atoms with E-state index in [1.54, 1.807) is 0 Å². The van der Waals surface area contributed by atoms with Crippen molar-refractivity contribution in [3.8, 4) is 0 Å². The molecule has 20 heavy (non-hydrogen) atoms. The number of hydrogen-bond acceptors (Lipinski definition) is 2. The second kappa shape index (κ2) is 5.20. The first-order valence-electron chi connectivity index (χ1n) is 5.40. The quantitative estimate of drug-likeness (QED) is 0.657. The van der Waals surface area contributed by atoms with Crippen LogP contribution in [-0.2, 0) is 0 Å². The molecule has 0 saturated carbocycles. The van der Waals surface area contributed by atoms with Crippen LogP contribution in [0, 0.1) is 23.3 Å². The molecule has 104 valence electrons. The van der Waals surface area contributed by atoms with Crippen molar-refractivity contribution in [1.29, 1.82) is 0 Å². The number of benzene rings is 2. The lowest BCUT2D eigenvalue weighted by Crippen LogP contribution is -2.16. The van der Waals surface area contributed by atoms with Crippen molar-refractivity contribution in [1.82, 2.24) is 0 Å². The fraction of sp³-hybridized carbons (Fsp3) is 0. The number of nitrogens with two attached hydrogens (primary N) is 1. The molecule has 0 unspecified atom stereocenters. The summed E-state index contributed by atoms with van der Waals surface area (Å²) in [4.78, 5) is 11.8. The molecule has 3 nitrogen and oxygen atoms in total. The maximum atomic E-state index is 13.4. The molecule has 0 radical (unpaired) electrons. The predicted molar refractivity (Wildman–Crippen MR) is 65.1 cm³/mol. The third-order valence-electron chi connectivity index (χ3n) is 2.54. The molecule has 0 aliphatic rings. The standard InChI is InChI=1S/C13H8F4N2O/c14-6-4-9(16)12(10(17)5-6)19-13(20)7-2-1-3-8(15)11(7)18/h1-5H,18H2,(H,19,20). The van der Waals surface area contributed by atoms with Crippen molar-refractivity contribution < 1.29 is 22.4 Å². The molecule has 0 aromatic heterocycles. The summed E-state index contributed by atoms with van der Waals surface area (Å²) in [6.45, 7) is 0. The molecular formula is C13H8F4N2O. The molecule has 0 bridgehead atoms. The molecule has 0 atom stereocenters. The van der Waals surface area contributed by atoms with Crippen molar-refractivity contribution >= 4 is 17.3 Å². The first kappa shape index (κ1) is 13.9. The van der Waals surface area contributed by atoms with E-state index in [9.17, 15) is 22.4 Å². The highest BCUT2D eigenvalue weighted by atomic mass is 19.1. The summed E-state index contributed by atoms with van der Waals surface area (Å²) in [7, 11) is 0. The Morgan fingerprint density at radius 3 is 2.20 bits per heavy atom. The highest BCUT2D eigenvalue weighted by Crippen LogP contribution is 2.22. The number of hydrogen-bond donors (Lipinski definition) is 2. The molecule has 0 saturated heterocycles. The zero-order valence-electron chi connectivity index (χ0n) is 9.88. The van der Waals surface area contributed by atoms with Crippen molar-refractivity contribution in [2.24, 2.45) is 0 Å². The summed E-state index contributed by atoms with van der Waals surface area (Å²) in [5, 5.41) is 1.89. The molecule has 2 aromatic rings. The smallest absolute Gasteiger partial charge is 0.258 e. The van der Waals surface area contributed by atoms with Crippen LogP contribution >= 0.6 is 0 Å². The predicted octanol–water partition coefficient (Wildman–Crippen LogP) is 3.08. The van der Waals surface area contributed by atoms with E-state index < -0.39 is 40.6 Å². The first-order valence-corrected chi connectivity index (χ1v) is 5.40. The number of halogens is 4. The molecule has 1 amide bonds. The monoisotopic (exact) mass is 284 g/mol. The lowest BCUT2D eigenvalue weighted by atomic mass is 10.1. The van der Waals surface area contributed by atoms with Gasteiger partial charge in [-0.15, -0.1) is 0 Å². The zero-order chi connectivity index (χ0) is 14.9. The van der Waals surface area contributed by atoms with Crippen LogP contribution in [0.3, 0.4) is 0 Å². The topological polar surface area (TPSA) is 55.1 Å². The molecule has 0 spiro atoms. The van der Waals surface area contributed by atoms with E-state index >= 15 is 0 Å². The van der Waals surface area contributed by atoms with Crippen molar-refractivity contribution in [2.45, 2.75) is 0 Å². The largest absolute Gasteiger partial charge is 0.396 e. The summed E-state index contributed by atoms with van der Waals surface area (Å²) < 4.78 is 52.6. The Hall–Kier alpha value is -2.57. The van der Waals surface area contributed by atoms with E-state index in [-0.39, 0.29) is 5.56 Å². The summed E-state index contributed by atoms with van der Waals surface area (Å²) in [6, 6.07) is 4.26. The van der Waals surface area contributed by atoms with E-state index in [0.29, 0.717) is 12.1 Å². The summed E-state index contributed by atoms with van der Waals surface area (Å²) in [5.74, 6) is -5.54. The van der Waals surface area contributed by atoms with Gasteiger partial charge in [0, 0.05) is 12.1 Å². The lowest BCUT2D eigenvalue weighted by molar-refractivity contribution is 0.102. The van der Waals surface area contributed by atoms with Crippen LogP contribution in [0.1, 0.15) is 10.4 Å². The van der Waals surface area contributed by atoms with Crippen LogP contribution in [0.25, 0.3) is 0 Å². The number of rotatable bonds is 2. The van der Waals surface area contributed by atoms with Crippen molar-refractivity contribution in [2.75, 3.05) is 11.1 Å². The Labute approximate surface area is 111 Å². The number of para-hydroxylation sites is 1. The van der Waals surface area contributed by atoms with Gasteiger partial charge >= 0.3 is 0 Å². The van der Waals surface area contributed by atoms with Gasteiger partial charge in [-0.05, 0) is 12.1 Å². The molecule has 0 heterocycles. The van der Waals surface area contributed by atoms with E-state index in [0.717, 1.165) is 6.07 Å². The van der Waals surface area contributed by atoms with Crippen LogP contribution in [-0.4, -0.2) is 5.91 Å². The Kier molecular flexibility index (Phi) is 3.60. The number of amides is 1. The van der Waals surface area contributed by atoms with Gasteiger partial charge in [-0.3, -0.25) is 4.79 Å². The van der Waals surface area contributed by atoms with Gasteiger partial charge in [0.1, 0.15) is 17.3 Å². The van der Waals surface area contributed by atoms with Crippen LogP contribution in [0.4, 0.5) is 28.9 Å². The highest BCUT2D eigenvalue weighted by molar-refractivity contribution is 6.07. The molecule has 7 heteroatoms. The van der Waals surface area contributed by atoms with Gasteiger partial charge in [-0.1, -0.05) is 6.07 Å². The van der Waals surface area contributed by atoms with Gasteiger partial charge in [-0.25, -0.2) is 17.6 Å². The van der Waals surface area contributed by atoms with Crippen molar-refractivity contribution in [3.05, 3.63) is 59.2 Å². The second-order valence-corrected chi connectivity index (χ2v) is 3.90.